The van der Waals surface area contributed by atoms with Crippen molar-refractivity contribution in [1.29, 1.82) is 0 Å². The van der Waals surface area contributed by atoms with Gasteiger partial charge < -0.3 is 4.90 Å². The highest BCUT2D eigenvalue weighted by Gasteiger charge is 2.02. The van der Waals surface area contributed by atoms with E-state index in [9.17, 15) is 0 Å². The van der Waals surface area contributed by atoms with Gasteiger partial charge in [0, 0.05) is 19.3 Å². The Balaban J connectivity index is 1.76. The summed E-state index contributed by atoms with van der Waals surface area (Å²) in [4.78, 5) is 2.34. The quantitative estimate of drug-likeness (QED) is 0.592. The molecule has 0 amide bonds. The molecule has 0 aliphatic heterocycles. The third-order valence-electron chi connectivity index (χ3n) is 3.73. The van der Waals surface area contributed by atoms with Crippen LogP contribution in [-0.4, -0.2) is 4.90 Å². The molecule has 0 N–H and O–H groups in total. The zero-order chi connectivity index (χ0) is 15.7. The van der Waals surface area contributed by atoms with E-state index in [4.69, 9.17) is 0 Å². The highest BCUT2D eigenvalue weighted by molar-refractivity contribution is 5.48. The van der Waals surface area contributed by atoms with Gasteiger partial charge in [0.2, 0.25) is 0 Å². The average Bonchev–Trinajstić information content (AvgIpc) is 2.62. The molecule has 0 bridgehead atoms. The van der Waals surface area contributed by atoms with Crippen LogP contribution in [0.5, 0.6) is 0 Å². The molecule has 0 fully saturated rings. The van der Waals surface area contributed by atoms with Crippen molar-refractivity contribution in [3.05, 3.63) is 114 Å². The van der Waals surface area contributed by atoms with E-state index in [2.05, 4.69) is 102 Å². The maximum absolute atomic E-state index is 2.34. The van der Waals surface area contributed by atoms with Crippen molar-refractivity contribution in [2.24, 2.45) is 0 Å². The molecule has 0 spiro atoms. The molecule has 0 heterocycles. The summed E-state index contributed by atoms with van der Waals surface area (Å²) in [6.07, 6.45) is 4.36. The van der Waals surface area contributed by atoms with Gasteiger partial charge in [0.15, 0.2) is 0 Å². The maximum atomic E-state index is 2.34. The van der Waals surface area contributed by atoms with Crippen LogP contribution in [0.3, 0.4) is 0 Å². The molecule has 23 heavy (non-hydrogen) atoms. The Bertz CT molecular complexity index is 676. The first-order valence-electron chi connectivity index (χ1n) is 7.95. The summed E-state index contributed by atoms with van der Waals surface area (Å²) in [7, 11) is 0. The lowest BCUT2D eigenvalue weighted by molar-refractivity contribution is 0.364. The lowest BCUT2D eigenvalue weighted by Gasteiger charge is -2.21. The number of benzene rings is 3. The van der Waals surface area contributed by atoms with Crippen LogP contribution < -0.4 is 0 Å². The Morgan fingerprint density at radius 2 is 1.00 bits per heavy atom. The van der Waals surface area contributed by atoms with Crippen LogP contribution >= 0.6 is 0 Å². The average molecular weight is 299 g/mol. The van der Waals surface area contributed by atoms with Gasteiger partial charge in [0.1, 0.15) is 0 Å². The highest BCUT2D eigenvalue weighted by Crippen LogP contribution is 2.12. The molecule has 1 heteroatoms. The fourth-order valence-corrected chi connectivity index (χ4v) is 2.55. The first-order valence-corrected chi connectivity index (χ1v) is 7.95. The van der Waals surface area contributed by atoms with Gasteiger partial charge >= 0.3 is 0 Å². The molecule has 0 aliphatic carbocycles. The number of hydrogen-bond donors (Lipinski definition) is 0. The van der Waals surface area contributed by atoms with Crippen molar-refractivity contribution in [2.75, 3.05) is 0 Å². The number of nitrogens with zero attached hydrogens (tertiary/aromatic N) is 1. The lowest BCUT2D eigenvalue weighted by atomic mass is 10.1. The number of hydrogen-bond acceptors (Lipinski definition) is 1. The second kappa shape index (κ2) is 8.00. The summed E-state index contributed by atoms with van der Waals surface area (Å²) >= 11 is 0. The Labute approximate surface area is 138 Å². The van der Waals surface area contributed by atoms with E-state index < -0.39 is 0 Å². The topological polar surface area (TPSA) is 3.24 Å². The van der Waals surface area contributed by atoms with E-state index >= 15 is 0 Å². The molecular formula is C22H21N. The van der Waals surface area contributed by atoms with Crippen molar-refractivity contribution < 1.29 is 0 Å². The largest absolute Gasteiger partial charge is 0.369 e. The number of rotatable bonds is 6. The minimum absolute atomic E-state index is 0.902. The molecule has 114 valence electrons. The molecule has 0 radical (unpaired) electrons. The van der Waals surface area contributed by atoms with Crippen molar-refractivity contribution in [1.82, 2.24) is 4.90 Å². The van der Waals surface area contributed by atoms with Crippen LogP contribution in [0.25, 0.3) is 6.08 Å². The molecular weight excluding hydrogens is 278 g/mol. The highest BCUT2D eigenvalue weighted by atomic mass is 15.1. The van der Waals surface area contributed by atoms with Gasteiger partial charge in [-0.2, -0.15) is 0 Å². The summed E-state index contributed by atoms with van der Waals surface area (Å²) in [5.74, 6) is 0. The molecule has 0 atom stereocenters. The van der Waals surface area contributed by atoms with E-state index in [0.717, 1.165) is 13.1 Å². The first kappa shape index (κ1) is 15.1. The fraction of sp³-hybridized carbons (Fsp3) is 0.0909. The van der Waals surface area contributed by atoms with E-state index in [-0.39, 0.29) is 0 Å². The minimum Gasteiger partial charge on any atom is -0.369 e. The normalized spacial score (nSPS) is 10.8. The summed E-state index contributed by atoms with van der Waals surface area (Å²) in [6, 6.07) is 31.6. The maximum Gasteiger partial charge on any atom is 0.0427 e. The van der Waals surface area contributed by atoms with Crippen molar-refractivity contribution in [3.8, 4) is 0 Å². The van der Waals surface area contributed by atoms with Crippen molar-refractivity contribution in [2.45, 2.75) is 13.1 Å². The zero-order valence-electron chi connectivity index (χ0n) is 13.2. The van der Waals surface area contributed by atoms with E-state index in [1.165, 1.54) is 16.7 Å². The third-order valence-corrected chi connectivity index (χ3v) is 3.73. The summed E-state index contributed by atoms with van der Waals surface area (Å²) in [5, 5.41) is 0. The third kappa shape index (κ3) is 4.86. The van der Waals surface area contributed by atoms with E-state index in [1.807, 2.05) is 6.07 Å². The van der Waals surface area contributed by atoms with Gasteiger partial charge in [-0.05, 0) is 22.8 Å². The van der Waals surface area contributed by atoms with E-state index in [0.29, 0.717) is 0 Å². The molecule has 0 saturated heterocycles. The van der Waals surface area contributed by atoms with Gasteiger partial charge in [-0.15, -0.1) is 0 Å². The predicted octanol–water partition coefficient (Wildman–Crippen LogP) is 5.36. The molecule has 0 aromatic heterocycles. The smallest absolute Gasteiger partial charge is 0.0427 e. The van der Waals surface area contributed by atoms with Crippen molar-refractivity contribution >= 4 is 6.08 Å². The predicted molar refractivity (Wildman–Crippen MR) is 97.6 cm³/mol. The second-order valence-electron chi connectivity index (χ2n) is 5.60. The molecule has 3 aromatic rings. The summed E-state index contributed by atoms with van der Waals surface area (Å²) in [6.45, 7) is 1.80. The van der Waals surface area contributed by atoms with Crippen LogP contribution in [-0.2, 0) is 13.1 Å². The summed E-state index contributed by atoms with van der Waals surface area (Å²) < 4.78 is 0. The standard InChI is InChI=1S/C22H21N/c1-4-10-20(11-5-1)16-17-23(18-21-12-6-2-7-13-21)19-22-14-8-3-9-15-22/h1-17H,18-19H2. The second-order valence-corrected chi connectivity index (χ2v) is 5.60. The van der Waals surface area contributed by atoms with Crippen LogP contribution in [0, 0.1) is 0 Å². The first-order chi connectivity index (χ1) is 11.4. The van der Waals surface area contributed by atoms with Gasteiger partial charge in [-0.3, -0.25) is 0 Å². The Hall–Kier alpha value is -2.80. The molecule has 3 aromatic carbocycles. The summed E-state index contributed by atoms with van der Waals surface area (Å²) in [5.41, 5.74) is 3.86. The SMILES string of the molecule is C(=CN(Cc1ccccc1)Cc1ccccc1)c1ccccc1. The molecule has 0 unspecified atom stereocenters. The van der Waals surface area contributed by atoms with Gasteiger partial charge in [-0.25, -0.2) is 0 Å². The van der Waals surface area contributed by atoms with Crippen LogP contribution in [0.1, 0.15) is 16.7 Å². The Morgan fingerprint density at radius 1 is 0.565 bits per heavy atom. The Morgan fingerprint density at radius 3 is 1.48 bits per heavy atom. The van der Waals surface area contributed by atoms with Gasteiger partial charge in [0.05, 0.1) is 0 Å². The monoisotopic (exact) mass is 299 g/mol. The van der Waals surface area contributed by atoms with Crippen molar-refractivity contribution in [3.63, 3.8) is 0 Å². The molecule has 0 aliphatic rings. The molecule has 1 nitrogen and oxygen atoms in total. The Kier molecular flexibility index (Phi) is 5.25. The molecule has 0 saturated carbocycles. The van der Waals surface area contributed by atoms with E-state index in [1.54, 1.807) is 0 Å². The molecule has 3 rings (SSSR count). The minimum atomic E-state index is 0.902. The van der Waals surface area contributed by atoms with Crippen LogP contribution in [0.2, 0.25) is 0 Å². The van der Waals surface area contributed by atoms with Gasteiger partial charge in [0.25, 0.3) is 0 Å². The van der Waals surface area contributed by atoms with Gasteiger partial charge in [-0.1, -0.05) is 91.0 Å². The fourth-order valence-electron chi connectivity index (χ4n) is 2.55. The van der Waals surface area contributed by atoms with Crippen LogP contribution in [0.4, 0.5) is 0 Å². The lowest BCUT2D eigenvalue weighted by Crippen LogP contribution is -2.16. The van der Waals surface area contributed by atoms with Crippen LogP contribution in [0.15, 0.2) is 97.2 Å². The zero-order valence-corrected chi connectivity index (χ0v) is 13.2.